The van der Waals surface area contributed by atoms with E-state index >= 15 is 0 Å². The summed E-state index contributed by atoms with van der Waals surface area (Å²) in [6, 6.07) is 5.88. The van der Waals surface area contributed by atoms with E-state index in [1.165, 1.54) is 18.2 Å². The molecular weight excluding hydrogens is 282 g/mol. The molecule has 2 unspecified atom stereocenters. The molecule has 0 aromatic heterocycles. The Kier molecular flexibility index (Phi) is 6.55. The average Bonchev–Trinajstić information content (AvgIpc) is 2.38. The van der Waals surface area contributed by atoms with Crippen LogP contribution in [0.5, 0.6) is 5.75 Å². The lowest BCUT2D eigenvalue weighted by molar-refractivity contribution is -0.154. The molecule has 4 nitrogen and oxygen atoms in total. The van der Waals surface area contributed by atoms with Crippen molar-refractivity contribution in [3.63, 3.8) is 0 Å². The van der Waals surface area contributed by atoms with Crippen LogP contribution in [0.1, 0.15) is 32.4 Å². The number of carbonyl (C=O) groups is 1. The summed E-state index contributed by atoms with van der Waals surface area (Å²) in [5.74, 6) is -1.78. The molecule has 6 heteroatoms. The minimum atomic E-state index is -3.00. The van der Waals surface area contributed by atoms with E-state index in [1.54, 1.807) is 26.8 Å². The molecule has 1 aromatic rings. The van der Waals surface area contributed by atoms with Crippen LogP contribution in [0.4, 0.5) is 8.78 Å². The van der Waals surface area contributed by atoms with E-state index in [0.717, 1.165) is 0 Å². The molecule has 0 bridgehead atoms. The molecule has 1 rings (SSSR count). The molecular formula is C15H20F2O4. The van der Waals surface area contributed by atoms with E-state index < -0.39 is 24.6 Å². The van der Waals surface area contributed by atoms with Crippen molar-refractivity contribution in [3.05, 3.63) is 29.8 Å². The molecule has 21 heavy (non-hydrogen) atoms. The zero-order chi connectivity index (χ0) is 16.0. The first-order valence-electron chi connectivity index (χ1n) is 6.76. The monoisotopic (exact) mass is 302 g/mol. The minimum absolute atomic E-state index is 0.143. The lowest BCUT2D eigenvalue weighted by Gasteiger charge is -2.26. The molecule has 1 aromatic carbocycles. The van der Waals surface area contributed by atoms with Gasteiger partial charge in [0, 0.05) is 5.56 Å². The van der Waals surface area contributed by atoms with Crippen LogP contribution in [0.2, 0.25) is 0 Å². The van der Waals surface area contributed by atoms with Crippen LogP contribution in [0.25, 0.3) is 0 Å². The molecule has 0 heterocycles. The predicted molar refractivity (Wildman–Crippen MR) is 73.0 cm³/mol. The molecule has 0 aliphatic heterocycles. The van der Waals surface area contributed by atoms with Crippen LogP contribution < -0.4 is 4.74 Å². The SMILES string of the molecule is CCOC(=O)C(C(C)C)C(O)c1ccccc1OC(F)F. The van der Waals surface area contributed by atoms with E-state index in [-0.39, 0.29) is 23.8 Å². The van der Waals surface area contributed by atoms with E-state index in [0.29, 0.717) is 0 Å². The summed E-state index contributed by atoms with van der Waals surface area (Å²) < 4.78 is 34.1. The number of esters is 1. The van der Waals surface area contributed by atoms with Crippen molar-refractivity contribution in [2.75, 3.05) is 6.61 Å². The summed E-state index contributed by atoms with van der Waals surface area (Å²) in [4.78, 5) is 12.0. The number of rotatable bonds is 7. The Morgan fingerprint density at radius 3 is 2.43 bits per heavy atom. The van der Waals surface area contributed by atoms with Gasteiger partial charge in [0.1, 0.15) is 5.75 Å². The molecule has 0 fully saturated rings. The van der Waals surface area contributed by atoms with Crippen molar-refractivity contribution in [2.24, 2.45) is 11.8 Å². The maximum absolute atomic E-state index is 12.4. The van der Waals surface area contributed by atoms with Gasteiger partial charge < -0.3 is 14.6 Å². The molecule has 118 valence electrons. The lowest BCUT2D eigenvalue weighted by atomic mass is 9.86. The fraction of sp³-hybridized carbons (Fsp3) is 0.533. The van der Waals surface area contributed by atoms with Gasteiger partial charge in [-0.1, -0.05) is 32.0 Å². The van der Waals surface area contributed by atoms with Crippen LogP contribution in [0.3, 0.4) is 0 Å². The van der Waals surface area contributed by atoms with E-state index in [1.807, 2.05) is 0 Å². The third-order valence-electron chi connectivity index (χ3n) is 3.07. The second kappa shape index (κ2) is 7.93. The highest BCUT2D eigenvalue weighted by molar-refractivity contribution is 5.74. The van der Waals surface area contributed by atoms with Crippen molar-refractivity contribution >= 4 is 5.97 Å². The zero-order valence-electron chi connectivity index (χ0n) is 12.3. The third kappa shape index (κ3) is 4.67. The Bertz CT molecular complexity index is 463. The largest absolute Gasteiger partial charge is 0.466 e. The first-order valence-corrected chi connectivity index (χ1v) is 6.76. The average molecular weight is 302 g/mol. The van der Waals surface area contributed by atoms with Crippen molar-refractivity contribution in [2.45, 2.75) is 33.5 Å². The molecule has 0 saturated heterocycles. The molecule has 0 saturated carbocycles. The number of carbonyl (C=O) groups excluding carboxylic acids is 1. The van der Waals surface area contributed by atoms with Gasteiger partial charge in [-0.2, -0.15) is 8.78 Å². The maximum Gasteiger partial charge on any atom is 0.387 e. The number of ether oxygens (including phenoxy) is 2. The second-order valence-corrected chi connectivity index (χ2v) is 4.88. The molecule has 0 aliphatic rings. The van der Waals surface area contributed by atoms with E-state index in [2.05, 4.69) is 4.74 Å². The normalized spacial score (nSPS) is 14.1. The van der Waals surface area contributed by atoms with Gasteiger partial charge in [0.2, 0.25) is 0 Å². The highest BCUT2D eigenvalue weighted by atomic mass is 19.3. The van der Waals surface area contributed by atoms with Crippen molar-refractivity contribution < 1.29 is 28.2 Å². The number of hydrogen-bond donors (Lipinski definition) is 1. The minimum Gasteiger partial charge on any atom is -0.466 e. The maximum atomic E-state index is 12.4. The van der Waals surface area contributed by atoms with Crippen LogP contribution >= 0.6 is 0 Å². The number of aliphatic hydroxyl groups excluding tert-OH is 1. The number of alkyl halides is 2. The molecule has 0 spiro atoms. The molecule has 1 N–H and O–H groups in total. The predicted octanol–water partition coefficient (Wildman–Crippen LogP) is 3.16. The number of aliphatic hydroxyl groups is 1. The van der Waals surface area contributed by atoms with Crippen molar-refractivity contribution in [1.29, 1.82) is 0 Å². The van der Waals surface area contributed by atoms with Gasteiger partial charge in [-0.05, 0) is 18.9 Å². The van der Waals surface area contributed by atoms with Crippen molar-refractivity contribution in [3.8, 4) is 5.75 Å². The van der Waals surface area contributed by atoms with Gasteiger partial charge >= 0.3 is 12.6 Å². The molecule has 0 radical (unpaired) electrons. The highest BCUT2D eigenvalue weighted by Crippen LogP contribution is 2.35. The third-order valence-corrected chi connectivity index (χ3v) is 3.07. The summed E-state index contributed by atoms with van der Waals surface area (Å²) in [5, 5.41) is 10.4. The second-order valence-electron chi connectivity index (χ2n) is 4.88. The Morgan fingerprint density at radius 1 is 1.29 bits per heavy atom. The quantitative estimate of drug-likeness (QED) is 0.786. The fourth-order valence-electron chi connectivity index (χ4n) is 2.13. The number of halogens is 2. The molecule has 0 amide bonds. The molecule has 2 atom stereocenters. The Hall–Kier alpha value is -1.69. The Morgan fingerprint density at radius 2 is 1.90 bits per heavy atom. The van der Waals surface area contributed by atoms with Gasteiger partial charge in [-0.3, -0.25) is 4.79 Å². The summed E-state index contributed by atoms with van der Waals surface area (Å²) in [6.07, 6.45) is -1.28. The first kappa shape index (κ1) is 17.4. The van der Waals surface area contributed by atoms with E-state index in [4.69, 9.17) is 4.74 Å². The van der Waals surface area contributed by atoms with Gasteiger partial charge in [0.25, 0.3) is 0 Å². The lowest BCUT2D eigenvalue weighted by Crippen LogP contribution is -2.29. The summed E-state index contributed by atoms with van der Waals surface area (Å²) >= 11 is 0. The topological polar surface area (TPSA) is 55.8 Å². The van der Waals surface area contributed by atoms with Crippen LogP contribution in [0, 0.1) is 11.8 Å². The summed E-state index contributed by atoms with van der Waals surface area (Å²) in [5.41, 5.74) is 0.143. The number of benzene rings is 1. The Labute approximate surface area is 122 Å². The zero-order valence-corrected chi connectivity index (χ0v) is 12.3. The van der Waals surface area contributed by atoms with Gasteiger partial charge in [0.15, 0.2) is 0 Å². The number of hydrogen-bond acceptors (Lipinski definition) is 4. The standard InChI is InChI=1S/C15H20F2O4/c1-4-20-14(19)12(9(2)3)13(18)10-7-5-6-8-11(10)21-15(16)17/h5-9,12-13,15,18H,4H2,1-3H3. The van der Waals surface area contributed by atoms with Gasteiger partial charge in [-0.15, -0.1) is 0 Å². The van der Waals surface area contributed by atoms with Crippen molar-refractivity contribution in [1.82, 2.24) is 0 Å². The van der Waals surface area contributed by atoms with Gasteiger partial charge in [-0.25, -0.2) is 0 Å². The smallest absolute Gasteiger partial charge is 0.387 e. The summed E-state index contributed by atoms with van der Waals surface area (Å²) in [7, 11) is 0. The molecule has 0 aliphatic carbocycles. The first-order chi connectivity index (χ1) is 9.88. The van der Waals surface area contributed by atoms with E-state index in [9.17, 15) is 18.7 Å². The van der Waals surface area contributed by atoms with Crippen LogP contribution in [0.15, 0.2) is 24.3 Å². The van der Waals surface area contributed by atoms with Crippen LogP contribution in [-0.2, 0) is 9.53 Å². The Balaban J connectivity index is 3.09. The van der Waals surface area contributed by atoms with Gasteiger partial charge in [0.05, 0.1) is 18.6 Å². The fourth-order valence-corrected chi connectivity index (χ4v) is 2.13. The highest BCUT2D eigenvalue weighted by Gasteiger charge is 2.34. The number of para-hydroxylation sites is 1. The summed E-state index contributed by atoms with van der Waals surface area (Å²) in [6.45, 7) is 2.35. The van der Waals surface area contributed by atoms with Crippen LogP contribution in [-0.4, -0.2) is 24.3 Å².